The quantitative estimate of drug-likeness (QED) is 0.370. The molecule has 23 heavy (non-hydrogen) atoms. The Kier molecular flexibility index (Phi) is 6.20. The maximum atomic E-state index is 11.5. The van der Waals surface area contributed by atoms with Crippen LogP contribution in [0.3, 0.4) is 0 Å². The van der Waals surface area contributed by atoms with Crippen molar-refractivity contribution < 1.29 is 9.53 Å². The van der Waals surface area contributed by atoms with Crippen molar-refractivity contribution in [2.24, 2.45) is 0 Å². The number of anilines is 1. The molecule has 1 heterocycles. The van der Waals surface area contributed by atoms with Gasteiger partial charge in [-0.1, -0.05) is 12.1 Å². The van der Waals surface area contributed by atoms with Crippen LogP contribution in [0.5, 0.6) is 0 Å². The zero-order chi connectivity index (χ0) is 16.7. The fourth-order valence-electron chi connectivity index (χ4n) is 1.71. The topological polar surface area (TPSA) is 75.0 Å². The first-order chi connectivity index (χ1) is 11.2. The van der Waals surface area contributed by atoms with Crippen LogP contribution in [0.1, 0.15) is 6.92 Å². The summed E-state index contributed by atoms with van der Waals surface area (Å²) >= 11 is 3.08. The number of rotatable bonds is 6. The summed E-state index contributed by atoms with van der Waals surface area (Å²) in [5, 5.41) is 14.3. The molecule has 0 unspecified atom stereocenters. The third-order valence-electron chi connectivity index (χ3n) is 2.85. The lowest BCUT2D eigenvalue weighted by atomic mass is 10.2. The number of benzene rings is 1. The molecule has 7 heteroatoms. The lowest BCUT2D eigenvalue weighted by molar-refractivity contribution is -0.138. The summed E-state index contributed by atoms with van der Waals surface area (Å²) in [5.41, 5.74) is 1.77. The second kappa shape index (κ2) is 8.36. The van der Waals surface area contributed by atoms with Gasteiger partial charge in [0.15, 0.2) is 10.7 Å². The Morgan fingerprint density at radius 2 is 2.22 bits per heavy atom. The highest BCUT2D eigenvalue weighted by Crippen LogP contribution is 2.26. The largest absolute Gasteiger partial charge is 0.462 e. The highest BCUT2D eigenvalue weighted by atomic mass is 32.2. The van der Waals surface area contributed by atoms with Gasteiger partial charge in [-0.25, -0.2) is 9.78 Å². The number of ether oxygens (including phenoxy) is 1. The van der Waals surface area contributed by atoms with Crippen LogP contribution in [0.25, 0.3) is 11.3 Å². The van der Waals surface area contributed by atoms with Gasteiger partial charge in [-0.05, 0) is 25.3 Å². The first-order valence-electron chi connectivity index (χ1n) is 6.81. The first-order valence-corrected chi connectivity index (χ1v) is 8.92. The summed E-state index contributed by atoms with van der Waals surface area (Å²) in [6, 6.07) is 9.92. The maximum absolute atomic E-state index is 11.5. The Morgan fingerprint density at radius 1 is 1.48 bits per heavy atom. The van der Waals surface area contributed by atoms with E-state index in [1.165, 1.54) is 22.4 Å². The van der Waals surface area contributed by atoms with Crippen molar-refractivity contribution in [1.29, 1.82) is 5.26 Å². The molecular formula is C16H15N3O2S2. The summed E-state index contributed by atoms with van der Waals surface area (Å²) in [4.78, 5) is 17.1. The van der Waals surface area contributed by atoms with E-state index >= 15 is 0 Å². The first kappa shape index (κ1) is 17.1. The number of nitriles is 1. The minimum Gasteiger partial charge on any atom is -0.462 e. The minimum atomic E-state index is -0.646. The number of thioether (sulfide) groups is 1. The lowest BCUT2D eigenvalue weighted by Crippen LogP contribution is -2.07. The van der Waals surface area contributed by atoms with E-state index in [2.05, 4.69) is 10.3 Å². The van der Waals surface area contributed by atoms with Gasteiger partial charge in [0.05, 0.1) is 12.3 Å². The van der Waals surface area contributed by atoms with E-state index in [4.69, 9.17) is 10.00 Å². The molecule has 0 atom stereocenters. The molecule has 1 aromatic heterocycles. The molecule has 5 nitrogen and oxygen atoms in total. The standard InChI is InChI=1S/C16H15N3O2S2/c1-3-21-15(20)12(8-17)9-18-16-19-14(10-23-16)11-4-6-13(22-2)7-5-11/h4-7,9-10H,3H2,1-2H3,(H,18,19)/b12-9+. The van der Waals surface area contributed by atoms with E-state index in [9.17, 15) is 4.79 Å². The van der Waals surface area contributed by atoms with Gasteiger partial charge in [0.25, 0.3) is 0 Å². The molecule has 118 valence electrons. The molecule has 0 aliphatic heterocycles. The highest BCUT2D eigenvalue weighted by molar-refractivity contribution is 7.98. The number of esters is 1. The molecule has 0 radical (unpaired) electrons. The van der Waals surface area contributed by atoms with Crippen LogP contribution < -0.4 is 5.32 Å². The minimum absolute atomic E-state index is 0.0899. The molecular weight excluding hydrogens is 330 g/mol. The van der Waals surface area contributed by atoms with Crippen molar-refractivity contribution in [3.8, 4) is 17.3 Å². The normalized spacial score (nSPS) is 10.9. The zero-order valence-corrected chi connectivity index (χ0v) is 14.3. The lowest BCUT2D eigenvalue weighted by Gasteiger charge is -2.00. The van der Waals surface area contributed by atoms with Gasteiger partial charge >= 0.3 is 5.97 Å². The van der Waals surface area contributed by atoms with Crippen molar-refractivity contribution in [3.63, 3.8) is 0 Å². The number of hydrogen-bond acceptors (Lipinski definition) is 7. The average molecular weight is 345 g/mol. The van der Waals surface area contributed by atoms with E-state index in [1.807, 2.05) is 35.9 Å². The van der Waals surface area contributed by atoms with Crippen molar-refractivity contribution >= 4 is 34.2 Å². The van der Waals surface area contributed by atoms with Crippen molar-refractivity contribution in [3.05, 3.63) is 41.4 Å². The number of carbonyl (C=O) groups excluding carboxylic acids is 1. The molecule has 2 rings (SSSR count). The third-order valence-corrected chi connectivity index (χ3v) is 4.36. The monoisotopic (exact) mass is 345 g/mol. The number of aromatic nitrogens is 1. The van der Waals surface area contributed by atoms with Crippen LogP contribution in [0.15, 0.2) is 46.3 Å². The van der Waals surface area contributed by atoms with Gasteiger partial charge in [-0.3, -0.25) is 0 Å². The van der Waals surface area contributed by atoms with E-state index < -0.39 is 5.97 Å². The van der Waals surface area contributed by atoms with Crippen molar-refractivity contribution in [2.75, 3.05) is 18.2 Å². The molecule has 0 spiro atoms. The molecule has 0 aliphatic rings. The second-order valence-electron chi connectivity index (χ2n) is 4.30. The predicted octanol–water partition coefficient (Wildman–Crippen LogP) is 3.91. The Balaban J connectivity index is 2.09. The van der Waals surface area contributed by atoms with Gasteiger partial charge in [0, 0.05) is 22.0 Å². The van der Waals surface area contributed by atoms with Gasteiger partial charge in [0.2, 0.25) is 0 Å². The van der Waals surface area contributed by atoms with Gasteiger partial charge in [0.1, 0.15) is 6.07 Å². The SMILES string of the molecule is CCOC(=O)/C(C#N)=C/Nc1nc(-c2ccc(SC)cc2)cs1. The van der Waals surface area contributed by atoms with E-state index in [1.54, 1.807) is 24.8 Å². The van der Waals surface area contributed by atoms with Crippen LogP contribution in [0, 0.1) is 11.3 Å². The smallest absolute Gasteiger partial charge is 0.350 e. The third kappa shape index (κ3) is 4.58. The molecule has 0 saturated heterocycles. The summed E-state index contributed by atoms with van der Waals surface area (Å²) in [6.07, 6.45) is 3.35. The molecule has 2 aromatic rings. The number of carbonyl (C=O) groups is 1. The van der Waals surface area contributed by atoms with Crippen LogP contribution in [-0.4, -0.2) is 23.8 Å². The second-order valence-corrected chi connectivity index (χ2v) is 6.04. The van der Waals surface area contributed by atoms with Crippen LogP contribution in [0.4, 0.5) is 5.13 Å². The molecule has 0 saturated carbocycles. The van der Waals surface area contributed by atoms with E-state index in [0.29, 0.717) is 5.13 Å². The van der Waals surface area contributed by atoms with E-state index in [-0.39, 0.29) is 12.2 Å². The summed E-state index contributed by atoms with van der Waals surface area (Å²) < 4.78 is 4.79. The molecule has 1 N–H and O–H groups in total. The van der Waals surface area contributed by atoms with Gasteiger partial charge in [-0.2, -0.15) is 5.26 Å². The molecule has 1 aromatic carbocycles. The Labute approximate surface area is 143 Å². The van der Waals surface area contributed by atoms with Crippen molar-refractivity contribution in [1.82, 2.24) is 4.98 Å². The fourth-order valence-corrected chi connectivity index (χ4v) is 2.81. The molecule has 0 fully saturated rings. The summed E-state index contributed by atoms with van der Waals surface area (Å²) in [7, 11) is 0. The van der Waals surface area contributed by atoms with E-state index in [0.717, 1.165) is 11.3 Å². The predicted molar refractivity (Wildman–Crippen MR) is 93.3 cm³/mol. The molecule has 0 bridgehead atoms. The zero-order valence-electron chi connectivity index (χ0n) is 12.7. The Morgan fingerprint density at radius 3 is 2.83 bits per heavy atom. The highest BCUT2D eigenvalue weighted by Gasteiger charge is 2.10. The summed E-state index contributed by atoms with van der Waals surface area (Å²) in [5.74, 6) is -0.646. The molecule has 0 amide bonds. The number of thiazole rings is 1. The Bertz CT molecular complexity index is 745. The number of nitrogens with one attached hydrogen (secondary N) is 1. The fraction of sp³-hybridized carbons (Fsp3) is 0.188. The summed E-state index contributed by atoms with van der Waals surface area (Å²) in [6.45, 7) is 1.92. The number of hydrogen-bond donors (Lipinski definition) is 1. The van der Waals surface area contributed by atoms with Gasteiger partial charge in [-0.15, -0.1) is 23.1 Å². The van der Waals surface area contributed by atoms with Crippen LogP contribution in [0.2, 0.25) is 0 Å². The average Bonchev–Trinajstić information content (AvgIpc) is 3.05. The van der Waals surface area contributed by atoms with Gasteiger partial charge < -0.3 is 10.1 Å². The maximum Gasteiger partial charge on any atom is 0.350 e. The Hall–Kier alpha value is -2.30. The van der Waals surface area contributed by atoms with Crippen LogP contribution in [-0.2, 0) is 9.53 Å². The molecule has 0 aliphatic carbocycles. The van der Waals surface area contributed by atoms with Crippen LogP contribution >= 0.6 is 23.1 Å². The number of nitrogens with zero attached hydrogens (tertiary/aromatic N) is 2. The van der Waals surface area contributed by atoms with Crippen molar-refractivity contribution in [2.45, 2.75) is 11.8 Å².